The molecule has 3 aromatic carbocycles. The van der Waals surface area contributed by atoms with Gasteiger partial charge in [0.2, 0.25) is 0 Å². The van der Waals surface area contributed by atoms with Crippen LogP contribution >= 0.6 is 0 Å². The molecule has 5 rings (SSSR count). The number of likely N-dealkylation sites (N-methyl/N-ethyl adjacent to an activating group) is 2. The van der Waals surface area contributed by atoms with Gasteiger partial charge in [0.15, 0.2) is 18.0 Å². The quantitative estimate of drug-likeness (QED) is 0.215. The van der Waals surface area contributed by atoms with Gasteiger partial charge in [-0.15, -0.1) is 0 Å². The Bertz CT molecular complexity index is 1630. The monoisotopic (exact) mass is 590 g/mol. The van der Waals surface area contributed by atoms with Crippen LogP contribution in [-0.4, -0.2) is 63.1 Å². The maximum absolute atomic E-state index is 13.1. The van der Waals surface area contributed by atoms with Crippen LogP contribution in [0.2, 0.25) is 0 Å². The van der Waals surface area contributed by atoms with Crippen LogP contribution in [0, 0.1) is 6.92 Å². The number of benzene rings is 3. The molecule has 7 heteroatoms. The van der Waals surface area contributed by atoms with E-state index in [0.717, 1.165) is 41.7 Å². The second-order valence-electron chi connectivity index (χ2n) is 10.7. The first-order valence-corrected chi connectivity index (χ1v) is 14.8. The van der Waals surface area contributed by atoms with E-state index in [9.17, 15) is 9.90 Å². The molecule has 0 unspecified atom stereocenters. The Morgan fingerprint density at radius 2 is 1.36 bits per heavy atom. The third-order valence-corrected chi connectivity index (χ3v) is 7.81. The lowest BCUT2D eigenvalue weighted by atomic mass is 9.80. The van der Waals surface area contributed by atoms with E-state index < -0.39 is 0 Å². The van der Waals surface area contributed by atoms with Crippen molar-refractivity contribution in [3.05, 3.63) is 125 Å². The van der Waals surface area contributed by atoms with Gasteiger partial charge < -0.3 is 24.2 Å². The Morgan fingerprint density at radius 3 is 1.95 bits per heavy atom. The molecule has 2 aliphatic carbocycles. The van der Waals surface area contributed by atoms with Crippen LogP contribution < -0.4 is 24.2 Å². The summed E-state index contributed by atoms with van der Waals surface area (Å²) >= 11 is 0. The molecule has 0 atom stereocenters. The van der Waals surface area contributed by atoms with E-state index in [1.54, 1.807) is 7.11 Å². The van der Waals surface area contributed by atoms with E-state index in [1.165, 1.54) is 5.56 Å². The Kier molecular flexibility index (Phi) is 9.65. The molecule has 0 bridgehead atoms. The fourth-order valence-corrected chi connectivity index (χ4v) is 5.12. The molecule has 0 fully saturated rings. The molecule has 0 N–H and O–H groups in total. The number of ketones is 1. The summed E-state index contributed by atoms with van der Waals surface area (Å²) in [5, 5.41) is 13.1. The Labute approximate surface area is 259 Å². The number of rotatable bonds is 12. The van der Waals surface area contributed by atoms with Crippen molar-refractivity contribution in [2.24, 2.45) is 0 Å². The molecule has 0 radical (unpaired) electrons. The standard InChI is InChI=1S/C37H38N2O5/c1-5-39(23-25-44-32-16-6-26(2)7-17-32)30-14-10-28(11-15-30)35-36(40)34(37(35)41)27-8-12-29(13-9-27)38(3)22-24-43-33-20-18-31(42-4)19-21-33/h6-21H,5,22-25H2,1-4H3. The zero-order valence-electron chi connectivity index (χ0n) is 25.7. The minimum atomic E-state index is -0.212. The number of allylic oxidation sites excluding steroid dienone is 7. The number of hydrogen-bond acceptors (Lipinski definition) is 6. The first-order valence-electron chi connectivity index (χ1n) is 14.8. The molecule has 3 aromatic rings. The van der Waals surface area contributed by atoms with Crippen molar-refractivity contribution in [3.8, 4) is 17.2 Å². The second-order valence-corrected chi connectivity index (χ2v) is 10.7. The van der Waals surface area contributed by atoms with Crippen molar-refractivity contribution < 1.29 is 28.7 Å². The van der Waals surface area contributed by atoms with E-state index in [0.29, 0.717) is 30.9 Å². The third kappa shape index (κ3) is 6.94. The van der Waals surface area contributed by atoms with Gasteiger partial charge in [-0.1, -0.05) is 35.6 Å². The molecule has 0 saturated carbocycles. The maximum atomic E-state index is 13.1. The lowest BCUT2D eigenvalue weighted by molar-refractivity contribution is -0.497. The van der Waals surface area contributed by atoms with Crippen LogP contribution in [0.3, 0.4) is 0 Å². The van der Waals surface area contributed by atoms with Crippen LogP contribution in [0.1, 0.15) is 18.1 Å². The van der Waals surface area contributed by atoms with Crippen molar-refractivity contribution in [2.45, 2.75) is 13.8 Å². The molecular formula is C37H38N2O5. The van der Waals surface area contributed by atoms with Gasteiger partial charge in [0.1, 0.15) is 37.5 Å². The smallest absolute Gasteiger partial charge is 0.199 e. The fraction of sp³-hybridized carbons (Fsp3) is 0.243. The van der Waals surface area contributed by atoms with Gasteiger partial charge in [0, 0.05) is 35.5 Å². The minimum Gasteiger partial charge on any atom is -0.871 e. The second kappa shape index (κ2) is 14.0. The number of carbonyl (C=O) groups is 1. The molecule has 0 spiro atoms. The highest BCUT2D eigenvalue weighted by molar-refractivity contribution is 6.39. The lowest BCUT2D eigenvalue weighted by Crippen LogP contribution is -2.30. The summed E-state index contributed by atoms with van der Waals surface area (Å²) in [5.74, 6) is 1.99. The van der Waals surface area contributed by atoms with Gasteiger partial charge in [-0.2, -0.15) is 0 Å². The predicted molar refractivity (Wildman–Crippen MR) is 173 cm³/mol. The Balaban J connectivity index is 1.18. The predicted octanol–water partition coefficient (Wildman–Crippen LogP) is 5.15. The first-order chi connectivity index (χ1) is 21.4. The van der Waals surface area contributed by atoms with Gasteiger partial charge in [0.05, 0.1) is 13.7 Å². The number of aryl methyl sites for hydroxylation is 1. The van der Waals surface area contributed by atoms with E-state index in [2.05, 4.69) is 23.3 Å². The molecule has 7 nitrogen and oxygen atoms in total. The highest BCUT2D eigenvalue weighted by atomic mass is 16.5. The van der Waals surface area contributed by atoms with Gasteiger partial charge in [-0.05, 0) is 85.7 Å². The molecule has 0 aromatic heterocycles. The van der Waals surface area contributed by atoms with Crippen molar-refractivity contribution in [2.75, 3.05) is 51.9 Å². The molecule has 44 heavy (non-hydrogen) atoms. The lowest BCUT2D eigenvalue weighted by Gasteiger charge is -2.32. The normalized spacial score (nSPS) is 14.1. The van der Waals surface area contributed by atoms with Crippen molar-refractivity contribution in [1.82, 2.24) is 0 Å². The summed E-state index contributed by atoms with van der Waals surface area (Å²) in [6.45, 7) is 7.40. The van der Waals surface area contributed by atoms with Gasteiger partial charge in [-0.25, -0.2) is 4.58 Å². The highest BCUT2D eigenvalue weighted by Crippen LogP contribution is 2.37. The van der Waals surface area contributed by atoms with Crippen LogP contribution in [-0.2, 0) is 4.79 Å². The molecule has 0 aliphatic heterocycles. The molecule has 0 amide bonds. The maximum Gasteiger partial charge on any atom is 0.199 e. The number of Topliss-reactive ketones (excluding diaryl/α,β-unsaturated/α-hetero) is 1. The SMILES string of the molecule is CCN(CCOc1ccc(C)cc1)c1ccc(C2=C([O-])C(=C3C=CC(=[N+](C)CCOc4ccc(OC)cc4)C=C3)C2=O)cc1. The van der Waals surface area contributed by atoms with E-state index >= 15 is 0 Å². The largest absolute Gasteiger partial charge is 0.871 e. The van der Waals surface area contributed by atoms with Gasteiger partial charge >= 0.3 is 0 Å². The van der Waals surface area contributed by atoms with Crippen molar-refractivity contribution in [1.29, 1.82) is 0 Å². The van der Waals surface area contributed by atoms with Crippen molar-refractivity contribution in [3.63, 3.8) is 0 Å². The Morgan fingerprint density at radius 1 is 0.773 bits per heavy atom. The van der Waals surface area contributed by atoms with Gasteiger partial charge in [0.25, 0.3) is 0 Å². The zero-order chi connectivity index (χ0) is 31.1. The molecule has 226 valence electrons. The number of nitrogens with zero attached hydrogens (tertiary/aromatic N) is 2. The molecule has 2 aliphatic rings. The Hall–Kier alpha value is -5.04. The summed E-state index contributed by atoms with van der Waals surface area (Å²) in [6.07, 6.45) is 7.51. The summed E-state index contributed by atoms with van der Waals surface area (Å²) < 4.78 is 19.0. The first kappa shape index (κ1) is 30.4. The summed E-state index contributed by atoms with van der Waals surface area (Å²) in [6, 6.07) is 23.1. The molecular weight excluding hydrogens is 552 g/mol. The number of ether oxygens (including phenoxy) is 3. The molecule has 0 heterocycles. The van der Waals surface area contributed by atoms with Crippen LogP contribution in [0.4, 0.5) is 5.69 Å². The average Bonchev–Trinajstić information content (AvgIpc) is 3.05. The third-order valence-electron chi connectivity index (χ3n) is 7.81. The summed E-state index contributed by atoms with van der Waals surface area (Å²) in [5.41, 5.74) is 4.95. The topological polar surface area (TPSA) is 74.1 Å². The highest BCUT2D eigenvalue weighted by Gasteiger charge is 2.30. The number of carbonyl (C=O) groups excluding carboxylic acids is 1. The van der Waals surface area contributed by atoms with E-state index in [-0.39, 0.29) is 22.7 Å². The van der Waals surface area contributed by atoms with Crippen LogP contribution in [0.25, 0.3) is 5.57 Å². The number of methoxy groups -OCH3 is 1. The van der Waals surface area contributed by atoms with Crippen LogP contribution in [0.15, 0.2) is 114 Å². The van der Waals surface area contributed by atoms with E-state index in [1.807, 2.05) is 104 Å². The van der Waals surface area contributed by atoms with Crippen LogP contribution in [0.5, 0.6) is 17.2 Å². The molecule has 0 saturated heterocycles. The van der Waals surface area contributed by atoms with Crippen molar-refractivity contribution >= 4 is 22.8 Å². The minimum absolute atomic E-state index is 0.212. The fourth-order valence-electron chi connectivity index (χ4n) is 5.12. The number of anilines is 1. The zero-order valence-corrected chi connectivity index (χ0v) is 25.7. The summed E-state index contributed by atoms with van der Waals surface area (Å²) in [4.78, 5) is 15.3. The average molecular weight is 591 g/mol. The van der Waals surface area contributed by atoms with E-state index in [4.69, 9.17) is 14.2 Å². The van der Waals surface area contributed by atoms with Gasteiger partial charge in [-0.3, -0.25) is 4.79 Å². The number of hydrogen-bond donors (Lipinski definition) is 0. The summed E-state index contributed by atoms with van der Waals surface area (Å²) in [7, 11) is 3.61.